The van der Waals surface area contributed by atoms with Crippen molar-refractivity contribution in [2.24, 2.45) is 23.2 Å². The Kier molecular flexibility index (Phi) is 5.22. The van der Waals surface area contributed by atoms with Gasteiger partial charge in [0.25, 0.3) is 5.91 Å². The molecule has 1 aromatic carbocycles. The van der Waals surface area contributed by atoms with Crippen molar-refractivity contribution < 1.29 is 14.3 Å². The van der Waals surface area contributed by atoms with Crippen LogP contribution in [0.4, 0.5) is 5.69 Å². The van der Waals surface area contributed by atoms with E-state index >= 15 is 0 Å². The summed E-state index contributed by atoms with van der Waals surface area (Å²) in [5.41, 5.74) is 1.13. The van der Waals surface area contributed by atoms with Gasteiger partial charge in [0.1, 0.15) is 0 Å². The topological polar surface area (TPSA) is 67.4 Å². The van der Waals surface area contributed by atoms with E-state index in [1.807, 2.05) is 12.1 Å². The van der Waals surface area contributed by atoms with Gasteiger partial charge in [-0.1, -0.05) is 6.07 Å². The van der Waals surface area contributed by atoms with Crippen molar-refractivity contribution in [2.75, 3.05) is 25.6 Å². The van der Waals surface area contributed by atoms with E-state index in [4.69, 9.17) is 4.74 Å². The highest BCUT2D eigenvalue weighted by Gasteiger charge is 2.54. The average molecular weight is 370 g/mol. The first-order chi connectivity index (χ1) is 13.1. The number of carbonyl (C=O) groups is 2. The van der Waals surface area contributed by atoms with Gasteiger partial charge in [0.05, 0.1) is 5.41 Å². The predicted molar refractivity (Wildman–Crippen MR) is 105 cm³/mol. The van der Waals surface area contributed by atoms with Crippen LogP contribution in [-0.4, -0.2) is 32.1 Å². The fourth-order valence-corrected chi connectivity index (χ4v) is 5.91. The molecule has 0 unspecified atom stereocenters. The van der Waals surface area contributed by atoms with Crippen LogP contribution in [0.5, 0.6) is 0 Å². The summed E-state index contributed by atoms with van der Waals surface area (Å²) < 4.78 is 4.99. The fraction of sp³-hybridized carbons (Fsp3) is 0.636. The molecule has 5 nitrogen and oxygen atoms in total. The molecule has 0 aliphatic heterocycles. The molecule has 4 aliphatic carbocycles. The number of ether oxygens (including phenoxy) is 1. The number of hydrogen-bond donors (Lipinski definition) is 2. The summed E-state index contributed by atoms with van der Waals surface area (Å²) in [6, 6.07) is 7.27. The van der Waals surface area contributed by atoms with E-state index in [0.717, 1.165) is 49.1 Å². The van der Waals surface area contributed by atoms with Gasteiger partial charge >= 0.3 is 0 Å². The van der Waals surface area contributed by atoms with Crippen LogP contribution in [0.15, 0.2) is 24.3 Å². The van der Waals surface area contributed by atoms with E-state index in [1.54, 1.807) is 19.2 Å². The minimum absolute atomic E-state index is 0.114. The lowest BCUT2D eigenvalue weighted by Crippen LogP contribution is -2.51. The van der Waals surface area contributed by atoms with Gasteiger partial charge in [0.15, 0.2) is 0 Å². The summed E-state index contributed by atoms with van der Waals surface area (Å²) in [6.07, 6.45) is 7.89. The molecular formula is C22H30N2O3. The summed E-state index contributed by atoms with van der Waals surface area (Å²) in [5, 5.41) is 6.02. The summed E-state index contributed by atoms with van der Waals surface area (Å²) in [7, 11) is 1.65. The molecule has 2 N–H and O–H groups in total. The van der Waals surface area contributed by atoms with Crippen LogP contribution in [0.3, 0.4) is 0 Å². The van der Waals surface area contributed by atoms with Crippen LogP contribution in [0.2, 0.25) is 0 Å². The van der Waals surface area contributed by atoms with Crippen LogP contribution >= 0.6 is 0 Å². The van der Waals surface area contributed by atoms with Crippen LogP contribution in [-0.2, 0) is 9.53 Å². The molecule has 5 heteroatoms. The van der Waals surface area contributed by atoms with Crippen molar-refractivity contribution in [3.8, 4) is 0 Å². The number of anilines is 1. The van der Waals surface area contributed by atoms with Gasteiger partial charge in [-0.05, 0) is 80.9 Å². The summed E-state index contributed by atoms with van der Waals surface area (Å²) in [5.74, 6) is 2.28. The van der Waals surface area contributed by atoms with Gasteiger partial charge < -0.3 is 15.4 Å². The van der Waals surface area contributed by atoms with Crippen molar-refractivity contribution in [3.63, 3.8) is 0 Å². The molecule has 2 amide bonds. The maximum absolute atomic E-state index is 13.2. The van der Waals surface area contributed by atoms with Gasteiger partial charge in [-0.3, -0.25) is 9.59 Å². The standard InChI is InChI=1S/C22H30N2O3/c1-27-7-3-6-23-20(25)18-4-2-5-19(11-18)24-21(26)22-12-15-8-16(13-22)10-17(9-15)14-22/h2,4-5,11,15-17H,3,6-10,12-14H2,1H3,(H,23,25)(H,24,26). The normalized spacial score (nSPS) is 30.9. The second kappa shape index (κ2) is 7.63. The number of rotatable bonds is 7. The zero-order valence-corrected chi connectivity index (χ0v) is 16.1. The maximum Gasteiger partial charge on any atom is 0.251 e. The molecule has 1 aromatic rings. The molecule has 0 radical (unpaired) electrons. The Morgan fingerprint density at radius 2 is 1.78 bits per heavy atom. The van der Waals surface area contributed by atoms with Gasteiger partial charge in [-0.25, -0.2) is 0 Å². The molecule has 5 rings (SSSR count). The van der Waals surface area contributed by atoms with Crippen LogP contribution in [0.25, 0.3) is 0 Å². The fourth-order valence-electron chi connectivity index (χ4n) is 5.91. The lowest BCUT2D eigenvalue weighted by atomic mass is 9.49. The van der Waals surface area contributed by atoms with E-state index in [-0.39, 0.29) is 17.2 Å². The molecule has 27 heavy (non-hydrogen) atoms. The lowest BCUT2D eigenvalue weighted by molar-refractivity contribution is -0.140. The number of nitrogens with one attached hydrogen (secondary N) is 2. The van der Waals surface area contributed by atoms with Gasteiger partial charge in [-0.15, -0.1) is 0 Å². The third-order valence-electron chi connectivity index (χ3n) is 6.71. The van der Waals surface area contributed by atoms with Crippen molar-refractivity contribution in [3.05, 3.63) is 29.8 Å². The highest BCUT2D eigenvalue weighted by Crippen LogP contribution is 2.60. The molecule has 4 fully saturated rings. The molecule has 0 spiro atoms. The Morgan fingerprint density at radius 3 is 2.41 bits per heavy atom. The van der Waals surface area contributed by atoms with Crippen LogP contribution in [0, 0.1) is 23.2 Å². The summed E-state index contributed by atoms with van der Waals surface area (Å²) in [6.45, 7) is 1.21. The minimum atomic E-state index is -0.173. The summed E-state index contributed by atoms with van der Waals surface area (Å²) >= 11 is 0. The Bertz CT molecular complexity index is 680. The van der Waals surface area contributed by atoms with Crippen molar-refractivity contribution in [2.45, 2.75) is 44.9 Å². The molecule has 146 valence electrons. The zero-order valence-electron chi connectivity index (χ0n) is 16.1. The highest BCUT2D eigenvalue weighted by atomic mass is 16.5. The number of benzene rings is 1. The van der Waals surface area contributed by atoms with Gasteiger partial charge in [0, 0.05) is 31.5 Å². The van der Waals surface area contributed by atoms with E-state index in [1.165, 1.54) is 19.3 Å². The smallest absolute Gasteiger partial charge is 0.251 e. The Hall–Kier alpha value is -1.88. The number of carbonyl (C=O) groups excluding carboxylic acids is 2. The molecule has 0 saturated heterocycles. The molecule has 0 aromatic heterocycles. The molecule has 4 aliphatic rings. The van der Waals surface area contributed by atoms with E-state index in [9.17, 15) is 9.59 Å². The molecule has 0 atom stereocenters. The lowest BCUT2D eigenvalue weighted by Gasteiger charge is -2.55. The molecule has 4 bridgehead atoms. The third-order valence-corrected chi connectivity index (χ3v) is 6.71. The first-order valence-electron chi connectivity index (χ1n) is 10.3. The van der Waals surface area contributed by atoms with Crippen molar-refractivity contribution >= 4 is 17.5 Å². The van der Waals surface area contributed by atoms with Gasteiger partial charge in [-0.2, -0.15) is 0 Å². The van der Waals surface area contributed by atoms with E-state index in [2.05, 4.69) is 10.6 Å². The Morgan fingerprint density at radius 1 is 1.11 bits per heavy atom. The maximum atomic E-state index is 13.2. The first-order valence-corrected chi connectivity index (χ1v) is 10.3. The third kappa shape index (κ3) is 3.88. The Balaban J connectivity index is 1.39. The van der Waals surface area contributed by atoms with Crippen molar-refractivity contribution in [1.82, 2.24) is 5.32 Å². The molecule has 0 heterocycles. The molecule has 4 saturated carbocycles. The minimum Gasteiger partial charge on any atom is -0.385 e. The zero-order chi connectivity index (χ0) is 18.9. The largest absolute Gasteiger partial charge is 0.385 e. The van der Waals surface area contributed by atoms with Crippen LogP contribution < -0.4 is 10.6 Å². The highest BCUT2D eigenvalue weighted by molar-refractivity contribution is 5.99. The van der Waals surface area contributed by atoms with Crippen molar-refractivity contribution in [1.29, 1.82) is 0 Å². The first kappa shape index (κ1) is 18.5. The average Bonchev–Trinajstić information content (AvgIpc) is 2.64. The number of hydrogen-bond acceptors (Lipinski definition) is 3. The monoisotopic (exact) mass is 370 g/mol. The molecular weight excluding hydrogens is 340 g/mol. The van der Waals surface area contributed by atoms with Gasteiger partial charge in [0.2, 0.25) is 5.91 Å². The number of methoxy groups -OCH3 is 1. The van der Waals surface area contributed by atoms with Crippen LogP contribution in [0.1, 0.15) is 55.3 Å². The SMILES string of the molecule is COCCCNC(=O)c1cccc(NC(=O)C23CC4CC(CC(C4)C2)C3)c1. The second-order valence-electron chi connectivity index (χ2n) is 8.84. The number of amides is 2. The van der Waals surface area contributed by atoms with E-state index < -0.39 is 0 Å². The Labute approximate surface area is 161 Å². The second-order valence-corrected chi connectivity index (χ2v) is 8.84. The quantitative estimate of drug-likeness (QED) is 0.721. The summed E-state index contributed by atoms with van der Waals surface area (Å²) in [4.78, 5) is 25.5. The van der Waals surface area contributed by atoms with E-state index in [0.29, 0.717) is 18.7 Å². The predicted octanol–water partition coefficient (Wildman–Crippen LogP) is 3.61.